The summed E-state index contributed by atoms with van der Waals surface area (Å²) in [5, 5.41) is 0. The van der Waals surface area contributed by atoms with Crippen molar-refractivity contribution < 1.29 is 19.0 Å². The number of cyclic esters (lactones) is 1. The van der Waals surface area contributed by atoms with Gasteiger partial charge in [0.25, 0.3) is 0 Å². The molecule has 0 spiro atoms. The van der Waals surface area contributed by atoms with Gasteiger partial charge >= 0.3 is 11.9 Å². The summed E-state index contributed by atoms with van der Waals surface area (Å²) in [6.45, 7) is 1.97. The van der Waals surface area contributed by atoms with E-state index in [1.165, 1.54) is 14.2 Å². The molecule has 4 heteroatoms. The minimum absolute atomic E-state index is 0.441. The van der Waals surface area contributed by atoms with Crippen molar-refractivity contribution in [1.82, 2.24) is 0 Å². The van der Waals surface area contributed by atoms with E-state index in [1.54, 1.807) is 6.08 Å². The van der Waals surface area contributed by atoms with Crippen LogP contribution in [0, 0.1) is 0 Å². The summed E-state index contributed by atoms with van der Waals surface area (Å²) in [5.74, 6) is -1.91. The van der Waals surface area contributed by atoms with Gasteiger partial charge in [0.15, 0.2) is 0 Å². The number of fused-ring (bicyclic) bond motifs is 2. The maximum atomic E-state index is 12.4. The fourth-order valence-electron chi connectivity index (χ4n) is 2.78. The van der Waals surface area contributed by atoms with E-state index in [-0.39, 0.29) is 0 Å². The summed E-state index contributed by atoms with van der Waals surface area (Å²) in [4.78, 5) is 12.4. The van der Waals surface area contributed by atoms with Gasteiger partial charge in [-0.1, -0.05) is 36.5 Å². The van der Waals surface area contributed by atoms with Gasteiger partial charge in [-0.25, -0.2) is 4.79 Å². The van der Waals surface area contributed by atoms with Crippen molar-refractivity contribution in [3.8, 4) is 0 Å². The molecule has 2 aliphatic carbocycles. The van der Waals surface area contributed by atoms with Crippen molar-refractivity contribution >= 4 is 5.97 Å². The number of rotatable bonds is 2. The molecule has 3 rings (SSSR count). The minimum Gasteiger partial charge on any atom is -0.400 e. The largest absolute Gasteiger partial charge is 0.400 e. The van der Waals surface area contributed by atoms with Crippen molar-refractivity contribution in [2.75, 3.05) is 14.2 Å². The second-order valence-electron chi connectivity index (χ2n) is 4.90. The predicted molar refractivity (Wildman–Crippen MR) is 78.1 cm³/mol. The summed E-state index contributed by atoms with van der Waals surface area (Å²) < 4.78 is 16.0. The van der Waals surface area contributed by atoms with Gasteiger partial charge in [-0.3, -0.25) is 0 Å². The summed E-state index contributed by atoms with van der Waals surface area (Å²) in [6, 6.07) is 0. The highest BCUT2D eigenvalue weighted by atomic mass is 16.9. The highest BCUT2D eigenvalue weighted by molar-refractivity contribution is 6.00. The Bertz CT molecular complexity index is 680. The first-order chi connectivity index (χ1) is 10.1. The van der Waals surface area contributed by atoms with Crippen molar-refractivity contribution in [2.24, 2.45) is 0 Å². The Morgan fingerprint density at radius 3 is 2.43 bits per heavy atom. The van der Waals surface area contributed by atoms with Gasteiger partial charge in [0.2, 0.25) is 0 Å². The second kappa shape index (κ2) is 4.98. The molecule has 0 bridgehead atoms. The molecule has 0 radical (unpaired) electrons. The van der Waals surface area contributed by atoms with Crippen LogP contribution in [0.2, 0.25) is 0 Å². The highest BCUT2D eigenvalue weighted by Crippen LogP contribution is 2.43. The van der Waals surface area contributed by atoms with Crippen molar-refractivity contribution in [3.63, 3.8) is 0 Å². The Morgan fingerprint density at radius 1 is 1.00 bits per heavy atom. The van der Waals surface area contributed by atoms with Crippen LogP contribution in [0.4, 0.5) is 0 Å². The molecule has 0 aromatic carbocycles. The van der Waals surface area contributed by atoms with E-state index in [1.807, 2.05) is 43.4 Å². The number of methoxy groups -OCH3 is 2. The molecule has 0 saturated carbocycles. The lowest BCUT2D eigenvalue weighted by Gasteiger charge is -2.25. The zero-order valence-corrected chi connectivity index (χ0v) is 12.2. The molecule has 1 aliphatic heterocycles. The Hall–Kier alpha value is -2.17. The molecule has 0 saturated heterocycles. The number of hydrogen-bond donors (Lipinski definition) is 0. The van der Waals surface area contributed by atoms with E-state index < -0.39 is 11.9 Å². The minimum atomic E-state index is -1.47. The van der Waals surface area contributed by atoms with Gasteiger partial charge in [0.05, 0.1) is 11.1 Å². The average molecular weight is 284 g/mol. The molecular formula is C17H16O4. The lowest BCUT2D eigenvalue weighted by atomic mass is 9.92. The Labute approximate surface area is 123 Å². The monoisotopic (exact) mass is 284 g/mol. The lowest BCUT2D eigenvalue weighted by Crippen LogP contribution is -2.36. The molecule has 0 atom stereocenters. The van der Waals surface area contributed by atoms with Crippen LogP contribution in [0.25, 0.3) is 0 Å². The molecule has 1 heterocycles. The third kappa shape index (κ3) is 1.95. The molecule has 3 aliphatic rings. The predicted octanol–water partition coefficient (Wildman–Crippen LogP) is 2.73. The van der Waals surface area contributed by atoms with E-state index in [0.717, 1.165) is 16.7 Å². The number of carbonyl (C=O) groups excluding carboxylic acids is 1. The molecular weight excluding hydrogens is 268 g/mol. The van der Waals surface area contributed by atoms with Crippen LogP contribution >= 0.6 is 0 Å². The van der Waals surface area contributed by atoms with Gasteiger partial charge in [0.1, 0.15) is 0 Å². The van der Waals surface area contributed by atoms with Crippen LogP contribution in [0.1, 0.15) is 6.92 Å². The number of allylic oxidation sites excluding steroid dienone is 8. The Kier molecular flexibility index (Phi) is 3.27. The van der Waals surface area contributed by atoms with Gasteiger partial charge < -0.3 is 14.2 Å². The third-order valence-corrected chi connectivity index (χ3v) is 3.77. The molecule has 0 aromatic heterocycles. The van der Waals surface area contributed by atoms with Crippen LogP contribution in [-0.4, -0.2) is 26.2 Å². The summed E-state index contributed by atoms with van der Waals surface area (Å²) >= 11 is 0. The zero-order chi connectivity index (χ0) is 15.0. The fraction of sp³-hybridized carbons (Fsp3) is 0.235. The summed E-state index contributed by atoms with van der Waals surface area (Å²) in [7, 11) is 2.90. The van der Waals surface area contributed by atoms with E-state index >= 15 is 0 Å². The number of esters is 1. The van der Waals surface area contributed by atoms with Gasteiger partial charge in [-0.2, -0.15) is 0 Å². The molecule has 4 nitrogen and oxygen atoms in total. The first kappa shape index (κ1) is 13.8. The van der Waals surface area contributed by atoms with Crippen molar-refractivity contribution in [3.05, 3.63) is 70.4 Å². The third-order valence-electron chi connectivity index (χ3n) is 3.77. The number of ether oxygens (including phenoxy) is 3. The molecule has 0 unspecified atom stereocenters. The topological polar surface area (TPSA) is 44.8 Å². The smallest absolute Gasteiger partial charge is 0.359 e. The molecule has 0 N–H and O–H groups in total. The van der Waals surface area contributed by atoms with Gasteiger partial charge in [-0.05, 0) is 29.7 Å². The molecule has 0 aromatic rings. The van der Waals surface area contributed by atoms with Crippen molar-refractivity contribution in [1.29, 1.82) is 0 Å². The molecule has 21 heavy (non-hydrogen) atoms. The van der Waals surface area contributed by atoms with Crippen LogP contribution in [-0.2, 0) is 19.0 Å². The highest BCUT2D eigenvalue weighted by Gasteiger charge is 2.50. The first-order valence-corrected chi connectivity index (χ1v) is 6.66. The summed E-state index contributed by atoms with van der Waals surface area (Å²) in [6.07, 6.45) is 13.5. The van der Waals surface area contributed by atoms with E-state index in [2.05, 4.69) is 0 Å². The SMILES string of the molecule is COC1(OC)OC(=O)C2=C1C=CC=C1C=CC=CC(C)=C12. The summed E-state index contributed by atoms with van der Waals surface area (Å²) in [5.41, 5.74) is 3.87. The van der Waals surface area contributed by atoms with Crippen molar-refractivity contribution in [2.45, 2.75) is 12.9 Å². The molecule has 0 fully saturated rings. The van der Waals surface area contributed by atoms with E-state index in [0.29, 0.717) is 11.1 Å². The normalized spacial score (nSPS) is 22.6. The fourth-order valence-corrected chi connectivity index (χ4v) is 2.78. The van der Waals surface area contributed by atoms with Crippen LogP contribution in [0.3, 0.4) is 0 Å². The first-order valence-electron chi connectivity index (χ1n) is 6.66. The maximum Gasteiger partial charge on any atom is 0.359 e. The van der Waals surface area contributed by atoms with Crippen LogP contribution in [0.5, 0.6) is 0 Å². The van der Waals surface area contributed by atoms with Gasteiger partial charge in [-0.15, -0.1) is 0 Å². The van der Waals surface area contributed by atoms with Gasteiger partial charge in [0, 0.05) is 14.2 Å². The van der Waals surface area contributed by atoms with E-state index in [4.69, 9.17) is 14.2 Å². The zero-order valence-electron chi connectivity index (χ0n) is 12.2. The van der Waals surface area contributed by atoms with E-state index in [9.17, 15) is 4.79 Å². The van der Waals surface area contributed by atoms with Crippen LogP contribution < -0.4 is 0 Å². The molecule has 0 amide bonds. The average Bonchev–Trinajstić information content (AvgIpc) is 2.65. The standard InChI is InChI=1S/C17H16O4/c1-11-7-4-5-8-12-9-6-10-13-15(14(11)12)16(18)21-17(13,19-2)20-3/h4-10H,1-3H3. The quantitative estimate of drug-likeness (QED) is 0.578. The molecule has 108 valence electrons. The maximum absolute atomic E-state index is 12.4. The number of hydrogen-bond acceptors (Lipinski definition) is 4. The lowest BCUT2D eigenvalue weighted by molar-refractivity contribution is -0.309. The van der Waals surface area contributed by atoms with Crippen LogP contribution in [0.15, 0.2) is 70.4 Å². The number of carbonyl (C=O) groups is 1. The Balaban J connectivity index is 2.29. The Morgan fingerprint density at radius 2 is 1.71 bits per heavy atom. The second-order valence-corrected chi connectivity index (χ2v) is 4.90.